The molecule has 4 aromatic rings. The van der Waals surface area contributed by atoms with Crippen LogP contribution < -0.4 is 15.2 Å². The van der Waals surface area contributed by atoms with Gasteiger partial charge in [0.1, 0.15) is 23.5 Å². The normalized spacial score (nSPS) is 11.8. The number of carbonyl (C=O) groups is 1. The summed E-state index contributed by atoms with van der Waals surface area (Å²) in [6, 6.07) is 4.52. The SMILES string of the molecule is COc1ccc(C(=O)c2cn(C(C)C)c3ncnc(N)c23)cc1NS(=O)(=O)c1cn(C)cn1. The van der Waals surface area contributed by atoms with Gasteiger partial charge in [-0.3, -0.25) is 9.52 Å². The van der Waals surface area contributed by atoms with Gasteiger partial charge >= 0.3 is 0 Å². The van der Waals surface area contributed by atoms with Crippen molar-refractivity contribution in [1.82, 2.24) is 24.1 Å². The van der Waals surface area contributed by atoms with Crippen molar-refractivity contribution in [2.24, 2.45) is 7.05 Å². The first kappa shape index (κ1) is 22.3. The van der Waals surface area contributed by atoms with Crippen LogP contribution in [-0.4, -0.2) is 45.4 Å². The van der Waals surface area contributed by atoms with Crippen molar-refractivity contribution in [3.8, 4) is 5.75 Å². The molecule has 3 aromatic heterocycles. The summed E-state index contributed by atoms with van der Waals surface area (Å²) < 4.78 is 36.6. The average molecular weight is 470 g/mol. The zero-order chi connectivity index (χ0) is 23.9. The lowest BCUT2D eigenvalue weighted by atomic mass is 10.0. The number of anilines is 2. The fraction of sp³-hybridized carbons (Fsp3) is 0.238. The first-order valence-corrected chi connectivity index (χ1v) is 11.4. The molecule has 0 bridgehead atoms. The summed E-state index contributed by atoms with van der Waals surface area (Å²) in [7, 11) is -0.930. The molecule has 1 aromatic carbocycles. The zero-order valence-electron chi connectivity index (χ0n) is 18.5. The lowest BCUT2D eigenvalue weighted by molar-refractivity contribution is 0.104. The number of sulfonamides is 1. The highest BCUT2D eigenvalue weighted by molar-refractivity contribution is 7.92. The highest BCUT2D eigenvalue weighted by Crippen LogP contribution is 2.32. The van der Waals surface area contributed by atoms with Gasteiger partial charge in [0.25, 0.3) is 10.0 Å². The van der Waals surface area contributed by atoms with Crippen molar-refractivity contribution in [3.05, 3.63) is 54.4 Å². The Balaban J connectivity index is 1.79. The summed E-state index contributed by atoms with van der Waals surface area (Å²) >= 11 is 0. The number of rotatable bonds is 7. The molecule has 0 atom stereocenters. The van der Waals surface area contributed by atoms with Gasteiger partial charge in [-0.1, -0.05) is 0 Å². The van der Waals surface area contributed by atoms with E-state index in [4.69, 9.17) is 10.5 Å². The van der Waals surface area contributed by atoms with Gasteiger partial charge in [0.2, 0.25) is 0 Å². The third-order valence-electron chi connectivity index (χ3n) is 5.10. The number of nitrogens with zero attached hydrogens (tertiary/aromatic N) is 5. The summed E-state index contributed by atoms with van der Waals surface area (Å²) in [5.41, 5.74) is 7.28. The van der Waals surface area contributed by atoms with Crippen LogP contribution in [0.5, 0.6) is 5.75 Å². The Bertz CT molecular complexity index is 1470. The largest absolute Gasteiger partial charge is 0.495 e. The van der Waals surface area contributed by atoms with Gasteiger partial charge in [-0.2, -0.15) is 8.42 Å². The Labute approximate surface area is 190 Å². The third-order valence-corrected chi connectivity index (χ3v) is 6.35. The number of nitrogens with one attached hydrogen (secondary N) is 1. The molecule has 0 aliphatic carbocycles. The first-order valence-electron chi connectivity index (χ1n) is 9.97. The second-order valence-electron chi connectivity index (χ2n) is 7.73. The lowest BCUT2D eigenvalue weighted by Gasteiger charge is -2.12. The molecule has 0 spiro atoms. The zero-order valence-corrected chi connectivity index (χ0v) is 19.3. The maximum absolute atomic E-state index is 13.5. The van der Waals surface area contributed by atoms with E-state index in [1.807, 2.05) is 18.4 Å². The Morgan fingerprint density at radius 1 is 1.18 bits per heavy atom. The van der Waals surface area contributed by atoms with Crippen LogP contribution in [0.3, 0.4) is 0 Å². The van der Waals surface area contributed by atoms with Crippen molar-refractivity contribution in [1.29, 1.82) is 0 Å². The second-order valence-corrected chi connectivity index (χ2v) is 9.36. The van der Waals surface area contributed by atoms with E-state index in [9.17, 15) is 13.2 Å². The van der Waals surface area contributed by atoms with Crippen LogP contribution in [0.4, 0.5) is 11.5 Å². The average Bonchev–Trinajstić information content (AvgIpc) is 3.38. The monoisotopic (exact) mass is 469 g/mol. The molecular weight excluding hydrogens is 446 g/mol. The van der Waals surface area contributed by atoms with Crippen LogP contribution in [0.15, 0.2) is 48.3 Å². The fourth-order valence-electron chi connectivity index (χ4n) is 3.48. The molecule has 3 N–H and O–H groups in total. The third kappa shape index (κ3) is 4.00. The molecule has 0 amide bonds. The molecule has 12 heteroatoms. The van der Waals surface area contributed by atoms with Crippen LogP contribution in [0, 0.1) is 0 Å². The van der Waals surface area contributed by atoms with Gasteiger partial charge in [-0.15, -0.1) is 0 Å². The summed E-state index contributed by atoms with van der Waals surface area (Å²) in [6.45, 7) is 3.92. The highest BCUT2D eigenvalue weighted by Gasteiger charge is 2.24. The van der Waals surface area contributed by atoms with E-state index < -0.39 is 10.0 Å². The number of nitrogen functional groups attached to an aromatic ring is 1. The molecule has 0 radical (unpaired) electrons. The number of carbonyl (C=O) groups excluding carboxylic acids is 1. The van der Waals surface area contributed by atoms with Crippen molar-refractivity contribution >= 4 is 38.3 Å². The molecule has 172 valence electrons. The Kier molecular flexibility index (Phi) is 5.54. The number of aromatic nitrogens is 5. The predicted molar refractivity (Wildman–Crippen MR) is 123 cm³/mol. The van der Waals surface area contributed by atoms with E-state index in [2.05, 4.69) is 19.7 Å². The molecule has 0 saturated heterocycles. The van der Waals surface area contributed by atoms with Crippen molar-refractivity contribution in [2.75, 3.05) is 17.6 Å². The minimum absolute atomic E-state index is 0.0277. The molecule has 11 nitrogen and oxygen atoms in total. The highest BCUT2D eigenvalue weighted by atomic mass is 32.2. The van der Waals surface area contributed by atoms with E-state index in [0.29, 0.717) is 16.6 Å². The number of nitrogens with two attached hydrogens (primary N) is 1. The van der Waals surface area contributed by atoms with Gasteiger partial charge in [0.05, 0.1) is 30.1 Å². The topological polar surface area (TPSA) is 147 Å². The number of hydrogen-bond acceptors (Lipinski definition) is 8. The lowest BCUT2D eigenvalue weighted by Crippen LogP contribution is -2.15. The number of ketones is 1. The van der Waals surface area contributed by atoms with Gasteiger partial charge in [-0.25, -0.2) is 15.0 Å². The smallest absolute Gasteiger partial charge is 0.281 e. The predicted octanol–water partition coefficient (Wildman–Crippen LogP) is 2.37. The van der Waals surface area contributed by atoms with E-state index in [-0.39, 0.29) is 39.7 Å². The summed E-state index contributed by atoms with van der Waals surface area (Å²) in [4.78, 5) is 25.7. The summed E-state index contributed by atoms with van der Waals surface area (Å²) in [5, 5.41) is 0.288. The number of benzene rings is 1. The maximum Gasteiger partial charge on any atom is 0.281 e. The molecule has 33 heavy (non-hydrogen) atoms. The van der Waals surface area contributed by atoms with E-state index in [0.717, 1.165) is 0 Å². The first-order chi connectivity index (χ1) is 15.6. The quantitative estimate of drug-likeness (QED) is 0.392. The van der Waals surface area contributed by atoms with Crippen LogP contribution in [-0.2, 0) is 17.1 Å². The molecule has 4 rings (SSSR count). The molecule has 0 unspecified atom stereocenters. The van der Waals surface area contributed by atoms with Crippen molar-refractivity contribution < 1.29 is 17.9 Å². The van der Waals surface area contributed by atoms with Gasteiger partial charge < -0.3 is 19.6 Å². The van der Waals surface area contributed by atoms with Crippen LogP contribution >= 0.6 is 0 Å². The Hall–Kier alpha value is -3.93. The van der Waals surface area contributed by atoms with Gasteiger partial charge in [0.15, 0.2) is 10.8 Å². The summed E-state index contributed by atoms with van der Waals surface area (Å²) in [6.07, 6.45) is 5.78. The maximum atomic E-state index is 13.5. The molecule has 0 fully saturated rings. The van der Waals surface area contributed by atoms with Gasteiger partial charge in [-0.05, 0) is 32.0 Å². The second kappa shape index (κ2) is 8.20. The molecule has 3 heterocycles. The number of methoxy groups -OCH3 is 1. The molecule has 0 saturated carbocycles. The van der Waals surface area contributed by atoms with Crippen LogP contribution in [0.2, 0.25) is 0 Å². The Morgan fingerprint density at radius 3 is 2.58 bits per heavy atom. The van der Waals surface area contributed by atoms with Crippen LogP contribution in [0.1, 0.15) is 35.8 Å². The number of fused-ring (bicyclic) bond motifs is 1. The molecule has 0 aliphatic rings. The number of ether oxygens (including phenoxy) is 1. The summed E-state index contributed by atoms with van der Waals surface area (Å²) in [5.74, 6) is 0.0766. The van der Waals surface area contributed by atoms with E-state index >= 15 is 0 Å². The van der Waals surface area contributed by atoms with Crippen molar-refractivity contribution in [2.45, 2.75) is 24.9 Å². The Morgan fingerprint density at radius 2 is 1.94 bits per heavy atom. The van der Waals surface area contributed by atoms with Crippen LogP contribution in [0.25, 0.3) is 11.0 Å². The van der Waals surface area contributed by atoms with Gasteiger partial charge in [0, 0.05) is 31.0 Å². The number of imidazole rings is 1. The minimum Gasteiger partial charge on any atom is -0.495 e. The number of hydrogen-bond donors (Lipinski definition) is 2. The molecular formula is C21H23N7O4S. The fourth-order valence-corrected chi connectivity index (χ4v) is 4.53. The van der Waals surface area contributed by atoms with E-state index in [1.54, 1.807) is 19.3 Å². The van der Waals surface area contributed by atoms with Crippen molar-refractivity contribution in [3.63, 3.8) is 0 Å². The standard InChI is InChI=1S/C21H23N7O4S/c1-12(2)28-8-14(18-20(22)23-10-24-21(18)28)19(29)13-5-6-16(32-4)15(7-13)26-33(30,31)17-9-27(3)11-25-17/h5-12,26H,1-4H3,(H2,22,23,24). The minimum atomic E-state index is -4.00. The molecule has 0 aliphatic heterocycles. The van der Waals surface area contributed by atoms with E-state index in [1.165, 1.54) is 42.7 Å². The number of aryl methyl sites for hydroxylation is 1.